The number of halogens is 1. The molecule has 14 heavy (non-hydrogen) atoms. The predicted molar refractivity (Wildman–Crippen MR) is 51.9 cm³/mol. The summed E-state index contributed by atoms with van der Waals surface area (Å²) in [7, 11) is 1.75. The molecule has 2 rings (SSSR count). The van der Waals surface area contributed by atoms with E-state index >= 15 is 0 Å². The fourth-order valence-electron chi connectivity index (χ4n) is 2.22. The highest BCUT2D eigenvalue weighted by molar-refractivity contribution is 8.13. The zero-order valence-electron chi connectivity index (χ0n) is 7.74. The Morgan fingerprint density at radius 1 is 1.36 bits per heavy atom. The molecule has 0 aromatic rings. The van der Waals surface area contributed by atoms with Crippen molar-refractivity contribution < 1.29 is 17.9 Å². The molecule has 0 aromatic carbocycles. The highest BCUT2D eigenvalue weighted by Crippen LogP contribution is 2.42. The molecule has 0 aromatic heterocycles. The van der Waals surface area contributed by atoms with Crippen LogP contribution in [-0.4, -0.2) is 40.1 Å². The monoisotopic (exact) mass is 240 g/mol. The minimum absolute atomic E-state index is 0.0953. The van der Waals surface area contributed by atoms with E-state index in [0.717, 1.165) is 12.8 Å². The van der Waals surface area contributed by atoms with Crippen molar-refractivity contribution in [1.82, 2.24) is 0 Å². The van der Waals surface area contributed by atoms with Gasteiger partial charge in [0, 0.05) is 29.3 Å². The van der Waals surface area contributed by atoms with Crippen LogP contribution in [0.2, 0.25) is 0 Å². The summed E-state index contributed by atoms with van der Waals surface area (Å²) < 4.78 is 32.7. The summed E-state index contributed by atoms with van der Waals surface area (Å²) in [5.41, 5.74) is -0.0953. The van der Waals surface area contributed by atoms with Crippen LogP contribution in [0.4, 0.5) is 0 Å². The van der Waals surface area contributed by atoms with Gasteiger partial charge < -0.3 is 9.47 Å². The molecule has 0 amide bonds. The van der Waals surface area contributed by atoms with E-state index in [1.165, 1.54) is 0 Å². The Morgan fingerprint density at radius 2 is 2.07 bits per heavy atom. The molecule has 2 unspecified atom stereocenters. The van der Waals surface area contributed by atoms with Gasteiger partial charge in [-0.2, -0.15) is 0 Å². The van der Waals surface area contributed by atoms with Crippen molar-refractivity contribution in [2.75, 3.05) is 25.6 Å². The van der Waals surface area contributed by atoms with Gasteiger partial charge in [-0.05, 0) is 12.8 Å². The Hall–Kier alpha value is 0.160. The van der Waals surface area contributed by atoms with E-state index < -0.39 is 9.05 Å². The molecular weight excluding hydrogens is 228 g/mol. The van der Waals surface area contributed by atoms with Crippen LogP contribution in [0.3, 0.4) is 0 Å². The van der Waals surface area contributed by atoms with Crippen LogP contribution in [0.25, 0.3) is 0 Å². The Labute approximate surface area is 87.9 Å². The SMILES string of the molecule is O=S(=O)(Cl)CC1OCCC12CCOC2. The summed E-state index contributed by atoms with van der Waals surface area (Å²) in [6.45, 7) is 1.91. The lowest BCUT2D eigenvalue weighted by Gasteiger charge is -2.26. The molecular formula is C8H13ClO4S. The lowest BCUT2D eigenvalue weighted by atomic mass is 9.81. The summed E-state index contributed by atoms with van der Waals surface area (Å²) in [4.78, 5) is 0. The van der Waals surface area contributed by atoms with Crippen LogP contribution in [0.15, 0.2) is 0 Å². The van der Waals surface area contributed by atoms with Crippen LogP contribution in [0.5, 0.6) is 0 Å². The Bertz CT molecular complexity index is 302. The molecule has 2 atom stereocenters. The maximum atomic E-state index is 11.0. The molecule has 0 radical (unpaired) electrons. The van der Waals surface area contributed by atoms with Gasteiger partial charge in [0.1, 0.15) is 0 Å². The fraction of sp³-hybridized carbons (Fsp3) is 1.00. The average molecular weight is 241 g/mol. The van der Waals surface area contributed by atoms with Gasteiger partial charge in [0.25, 0.3) is 0 Å². The van der Waals surface area contributed by atoms with Crippen molar-refractivity contribution in [3.63, 3.8) is 0 Å². The summed E-state index contributed by atoms with van der Waals surface area (Å²) in [6.07, 6.45) is 1.47. The zero-order valence-corrected chi connectivity index (χ0v) is 9.31. The second-order valence-corrected chi connectivity index (χ2v) is 6.80. The van der Waals surface area contributed by atoms with Crippen LogP contribution in [0, 0.1) is 5.41 Å². The predicted octanol–water partition coefficient (Wildman–Crippen LogP) is 0.751. The molecule has 2 fully saturated rings. The summed E-state index contributed by atoms with van der Waals surface area (Å²) in [6, 6.07) is 0. The van der Waals surface area contributed by atoms with E-state index in [4.69, 9.17) is 20.2 Å². The van der Waals surface area contributed by atoms with Crippen LogP contribution in [-0.2, 0) is 18.5 Å². The topological polar surface area (TPSA) is 52.6 Å². The normalized spacial score (nSPS) is 38.2. The van der Waals surface area contributed by atoms with Gasteiger partial charge in [-0.3, -0.25) is 0 Å². The van der Waals surface area contributed by atoms with Gasteiger partial charge in [0.15, 0.2) is 0 Å². The van der Waals surface area contributed by atoms with Gasteiger partial charge in [0.05, 0.1) is 18.5 Å². The largest absolute Gasteiger partial charge is 0.381 e. The van der Waals surface area contributed by atoms with Gasteiger partial charge >= 0.3 is 0 Å². The summed E-state index contributed by atoms with van der Waals surface area (Å²) in [5.74, 6) is -0.0993. The first-order chi connectivity index (χ1) is 6.52. The molecule has 1 spiro atoms. The first kappa shape index (κ1) is 10.7. The molecule has 2 aliphatic rings. The second kappa shape index (κ2) is 3.63. The minimum Gasteiger partial charge on any atom is -0.381 e. The van der Waals surface area contributed by atoms with Crippen molar-refractivity contribution in [3.05, 3.63) is 0 Å². The Kier molecular flexibility index (Phi) is 2.76. The molecule has 2 heterocycles. The van der Waals surface area contributed by atoms with Gasteiger partial charge in [-0.1, -0.05) is 0 Å². The van der Waals surface area contributed by atoms with Crippen LogP contribution >= 0.6 is 10.7 Å². The highest BCUT2D eigenvalue weighted by Gasteiger charge is 2.48. The van der Waals surface area contributed by atoms with Gasteiger partial charge in [0.2, 0.25) is 9.05 Å². The van der Waals surface area contributed by atoms with Crippen molar-refractivity contribution in [1.29, 1.82) is 0 Å². The molecule has 4 nitrogen and oxygen atoms in total. The molecule has 2 saturated heterocycles. The van der Waals surface area contributed by atoms with Crippen molar-refractivity contribution >= 4 is 19.7 Å². The Morgan fingerprint density at radius 3 is 2.64 bits per heavy atom. The van der Waals surface area contributed by atoms with Gasteiger partial charge in [-0.25, -0.2) is 8.42 Å². The highest BCUT2D eigenvalue weighted by atomic mass is 35.7. The number of hydrogen-bond donors (Lipinski definition) is 0. The Balaban J connectivity index is 2.11. The molecule has 0 bridgehead atoms. The van der Waals surface area contributed by atoms with Crippen molar-refractivity contribution in [2.24, 2.45) is 5.41 Å². The first-order valence-corrected chi connectivity index (χ1v) is 7.11. The molecule has 2 aliphatic heterocycles. The number of rotatable bonds is 2. The minimum atomic E-state index is -3.48. The molecule has 0 aliphatic carbocycles. The fourth-order valence-corrected chi connectivity index (χ4v) is 3.38. The number of ether oxygens (including phenoxy) is 2. The van der Waals surface area contributed by atoms with Crippen LogP contribution in [0.1, 0.15) is 12.8 Å². The average Bonchev–Trinajstić information content (AvgIpc) is 2.62. The maximum Gasteiger partial charge on any atom is 0.235 e. The van der Waals surface area contributed by atoms with E-state index in [-0.39, 0.29) is 17.3 Å². The number of hydrogen-bond acceptors (Lipinski definition) is 4. The van der Waals surface area contributed by atoms with Gasteiger partial charge in [-0.15, -0.1) is 0 Å². The van der Waals surface area contributed by atoms with Crippen molar-refractivity contribution in [2.45, 2.75) is 18.9 Å². The third-order valence-corrected chi connectivity index (χ3v) is 4.17. The second-order valence-electron chi connectivity index (χ2n) is 3.98. The van der Waals surface area contributed by atoms with E-state index in [9.17, 15) is 8.42 Å². The molecule has 0 saturated carbocycles. The maximum absolute atomic E-state index is 11.0. The van der Waals surface area contributed by atoms with E-state index in [0.29, 0.717) is 19.8 Å². The van der Waals surface area contributed by atoms with Crippen LogP contribution < -0.4 is 0 Å². The first-order valence-electron chi connectivity index (χ1n) is 4.64. The molecule has 82 valence electrons. The third kappa shape index (κ3) is 2.05. The third-order valence-electron chi connectivity index (χ3n) is 3.09. The molecule has 6 heteroatoms. The zero-order chi connectivity index (χ0) is 10.2. The van der Waals surface area contributed by atoms with E-state index in [2.05, 4.69) is 0 Å². The standard InChI is InChI=1S/C8H13ClO4S/c9-14(10,11)5-7-8(2-4-13-7)1-3-12-6-8/h7H,1-6H2. The van der Waals surface area contributed by atoms with E-state index in [1.54, 1.807) is 0 Å². The van der Waals surface area contributed by atoms with Crippen molar-refractivity contribution in [3.8, 4) is 0 Å². The lowest BCUT2D eigenvalue weighted by molar-refractivity contribution is 0.0562. The van der Waals surface area contributed by atoms with E-state index in [1.807, 2.05) is 0 Å². The quantitative estimate of drug-likeness (QED) is 0.669. The lowest BCUT2D eigenvalue weighted by Crippen LogP contribution is -2.35. The summed E-state index contributed by atoms with van der Waals surface area (Å²) >= 11 is 0. The smallest absolute Gasteiger partial charge is 0.235 e. The molecule has 0 N–H and O–H groups in total. The summed E-state index contributed by atoms with van der Waals surface area (Å²) in [5, 5.41) is 0.